The molecular formula is C14H22N2O5. The first kappa shape index (κ1) is 15.9. The number of piperidine rings is 1. The van der Waals surface area contributed by atoms with Crippen molar-refractivity contribution in [1.29, 1.82) is 0 Å². The lowest BCUT2D eigenvalue weighted by Gasteiger charge is -2.53. The molecule has 0 aromatic rings. The van der Waals surface area contributed by atoms with Gasteiger partial charge in [-0.2, -0.15) is 0 Å². The summed E-state index contributed by atoms with van der Waals surface area (Å²) in [7, 11) is 0. The van der Waals surface area contributed by atoms with Gasteiger partial charge in [-0.15, -0.1) is 5.06 Å². The zero-order chi connectivity index (χ0) is 16.0. The molecule has 0 aromatic heterocycles. The minimum absolute atomic E-state index is 0.0756. The molecule has 1 N–H and O–H groups in total. The number of hydrogen-bond acceptors (Lipinski definition) is 5. The quantitative estimate of drug-likeness (QED) is 0.570. The van der Waals surface area contributed by atoms with Gasteiger partial charge >= 0.3 is 5.97 Å². The van der Waals surface area contributed by atoms with Gasteiger partial charge in [0.1, 0.15) is 0 Å². The first-order valence-corrected chi connectivity index (χ1v) is 7.17. The summed E-state index contributed by atoms with van der Waals surface area (Å²) >= 11 is 0. The SMILES string of the molecule is CC1(C)CC(C(=O)ON2C(=O)CCC2=O)CC(C)(C)[NH+]1[O-]. The van der Waals surface area contributed by atoms with Crippen LogP contribution in [0.15, 0.2) is 0 Å². The number of carbonyl (C=O) groups excluding carboxylic acids is 3. The molecule has 2 heterocycles. The molecule has 7 heteroatoms. The second kappa shape index (κ2) is 5.06. The highest BCUT2D eigenvalue weighted by atomic mass is 16.7. The number of hydrogen-bond donors (Lipinski definition) is 1. The molecule has 2 aliphatic heterocycles. The molecule has 2 amide bonds. The number of imide groups is 1. The molecule has 0 atom stereocenters. The molecule has 2 fully saturated rings. The Morgan fingerprint density at radius 2 is 1.57 bits per heavy atom. The fourth-order valence-corrected chi connectivity index (χ4v) is 3.39. The van der Waals surface area contributed by atoms with E-state index < -0.39 is 34.8 Å². The van der Waals surface area contributed by atoms with Crippen LogP contribution in [0, 0.1) is 11.1 Å². The van der Waals surface area contributed by atoms with Crippen LogP contribution in [0.2, 0.25) is 0 Å². The highest BCUT2D eigenvalue weighted by Crippen LogP contribution is 2.30. The summed E-state index contributed by atoms with van der Waals surface area (Å²) in [6, 6.07) is 0. The van der Waals surface area contributed by atoms with Gasteiger partial charge in [0.05, 0.1) is 17.0 Å². The second-order valence-corrected chi connectivity index (χ2v) is 7.19. The van der Waals surface area contributed by atoms with E-state index in [9.17, 15) is 19.6 Å². The van der Waals surface area contributed by atoms with Crippen LogP contribution in [0.5, 0.6) is 0 Å². The molecular weight excluding hydrogens is 276 g/mol. The van der Waals surface area contributed by atoms with Crippen molar-refractivity contribution >= 4 is 17.8 Å². The Balaban J connectivity index is 2.09. The summed E-state index contributed by atoms with van der Waals surface area (Å²) in [5.74, 6) is -2.07. The van der Waals surface area contributed by atoms with Gasteiger partial charge in [0.15, 0.2) is 0 Å². The maximum absolute atomic E-state index is 12.3. The Kier molecular flexibility index (Phi) is 3.84. The third kappa shape index (κ3) is 2.94. The molecule has 2 rings (SSSR count). The molecule has 21 heavy (non-hydrogen) atoms. The van der Waals surface area contributed by atoms with Crippen LogP contribution >= 0.6 is 0 Å². The van der Waals surface area contributed by atoms with Gasteiger partial charge in [-0.1, -0.05) is 0 Å². The van der Waals surface area contributed by atoms with Crippen LogP contribution in [0.3, 0.4) is 0 Å². The van der Waals surface area contributed by atoms with E-state index in [1.54, 1.807) is 0 Å². The standard InChI is InChI=1S/C14H22N2O5/c1-13(2)7-9(8-14(3,4)16(13)20)12(19)21-15-10(17)5-6-11(15)18/h9,16H,5-8H2,1-4H3. The highest BCUT2D eigenvalue weighted by Gasteiger charge is 2.49. The Hall–Kier alpha value is -1.47. The monoisotopic (exact) mass is 298 g/mol. The molecule has 0 spiro atoms. The van der Waals surface area contributed by atoms with Gasteiger partial charge < -0.3 is 15.1 Å². The van der Waals surface area contributed by atoms with Crippen molar-refractivity contribution in [2.75, 3.05) is 0 Å². The summed E-state index contributed by atoms with van der Waals surface area (Å²) in [5, 5.41) is 13.0. The molecule has 0 radical (unpaired) electrons. The van der Waals surface area contributed by atoms with Crippen molar-refractivity contribution in [3.8, 4) is 0 Å². The third-order valence-electron chi connectivity index (χ3n) is 4.26. The van der Waals surface area contributed by atoms with Crippen molar-refractivity contribution in [2.24, 2.45) is 5.92 Å². The van der Waals surface area contributed by atoms with Gasteiger partial charge in [-0.25, -0.2) is 4.79 Å². The largest absolute Gasteiger partial charge is 0.634 e. The van der Waals surface area contributed by atoms with Crippen molar-refractivity contribution in [2.45, 2.75) is 64.5 Å². The summed E-state index contributed by atoms with van der Waals surface area (Å²) in [6.45, 7) is 7.23. The fourth-order valence-electron chi connectivity index (χ4n) is 3.39. The average molecular weight is 298 g/mol. The van der Waals surface area contributed by atoms with Crippen LogP contribution in [0.1, 0.15) is 53.4 Å². The van der Waals surface area contributed by atoms with Crippen LogP contribution in [0.4, 0.5) is 0 Å². The Bertz CT molecular complexity index is 452. The lowest BCUT2D eigenvalue weighted by atomic mass is 9.75. The molecule has 0 bridgehead atoms. The van der Waals surface area contributed by atoms with Crippen molar-refractivity contribution in [1.82, 2.24) is 5.06 Å². The molecule has 2 saturated heterocycles. The Morgan fingerprint density at radius 3 is 2.00 bits per heavy atom. The smallest absolute Gasteiger partial charge is 0.336 e. The van der Waals surface area contributed by atoms with E-state index in [2.05, 4.69) is 0 Å². The van der Waals surface area contributed by atoms with E-state index in [1.807, 2.05) is 27.7 Å². The van der Waals surface area contributed by atoms with Crippen molar-refractivity contribution in [3.05, 3.63) is 5.21 Å². The fraction of sp³-hybridized carbons (Fsp3) is 0.786. The van der Waals surface area contributed by atoms with Gasteiger partial charge in [0.25, 0.3) is 11.8 Å². The van der Waals surface area contributed by atoms with E-state index in [0.29, 0.717) is 17.9 Å². The maximum Gasteiger partial charge on any atom is 0.336 e. The minimum atomic E-state index is -0.621. The third-order valence-corrected chi connectivity index (χ3v) is 4.26. The zero-order valence-corrected chi connectivity index (χ0v) is 12.9. The molecule has 7 nitrogen and oxygen atoms in total. The van der Waals surface area contributed by atoms with Gasteiger partial charge in [0.2, 0.25) is 0 Å². The molecule has 0 saturated carbocycles. The summed E-state index contributed by atoms with van der Waals surface area (Å²) in [4.78, 5) is 40.2. The predicted molar refractivity (Wildman–Crippen MR) is 72.4 cm³/mol. The van der Waals surface area contributed by atoms with Crippen molar-refractivity contribution in [3.63, 3.8) is 0 Å². The number of hydroxylamine groups is 4. The van der Waals surface area contributed by atoms with Crippen LogP contribution in [-0.2, 0) is 19.2 Å². The maximum atomic E-state index is 12.3. The number of carbonyl (C=O) groups is 3. The lowest BCUT2D eigenvalue weighted by molar-refractivity contribution is -0.956. The second-order valence-electron chi connectivity index (χ2n) is 7.19. The number of rotatable bonds is 2. The highest BCUT2D eigenvalue weighted by molar-refractivity contribution is 6.01. The molecule has 118 valence electrons. The van der Waals surface area contributed by atoms with Gasteiger partial charge in [-0.05, 0) is 27.7 Å². The van der Waals surface area contributed by atoms with Crippen molar-refractivity contribution < 1.29 is 24.3 Å². The number of amides is 2. The topological polar surface area (TPSA) is 91.2 Å². The Morgan fingerprint density at radius 1 is 1.14 bits per heavy atom. The average Bonchev–Trinajstić information content (AvgIpc) is 2.66. The first-order chi connectivity index (χ1) is 9.54. The zero-order valence-electron chi connectivity index (χ0n) is 12.9. The molecule has 2 aliphatic rings. The number of nitrogens with zero attached hydrogens (tertiary/aromatic N) is 1. The first-order valence-electron chi connectivity index (χ1n) is 7.17. The lowest BCUT2D eigenvalue weighted by Crippen LogP contribution is -3.23. The number of quaternary nitrogens is 1. The van der Waals surface area contributed by atoms with Gasteiger partial charge in [-0.3, -0.25) is 9.59 Å². The minimum Gasteiger partial charge on any atom is -0.634 e. The van der Waals surface area contributed by atoms with E-state index in [4.69, 9.17) is 4.84 Å². The predicted octanol–water partition coefficient (Wildman–Crippen LogP) is -0.0565. The van der Waals surface area contributed by atoms with Gasteiger partial charge in [0, 0.05) is 25.7 Å². The van der Waals surface area contributed by atoms with E-state index in [0.717, 1.165) is 0 Å². The van der Waals surface area contributed by atoms with Crippen LogP contribution in [-0.4, -0.2) is 33.9 Å². The van der Waals surface area contributed by atoms with E-state index in [-0.39, 0.29) is 17.9 Å². The van der Waals surface area contributed by atoms with Crippen LogP contribution in [0.25, 0.3) is 0 Å². The number of nitrogens with one attached hydrogen (secondary N) is 1. The van der Waals surface area contributed by atoms with Crippen LogP contribution < -0.4 is 5.06 Å². The molecule has 0 aromatic carbocycles. The normalized spacial score (nSPS) is 31.4. The molecule has 0 unspecified atom stereocenters. The summed E-state index contributed by atoms with van der Waals surface area (Å²) in [6.07, 6.45) is 0.882. The van der Waals surface area contributed by atoms with E-state index >= 15 is 0 Å². The Labute approximate surface area is 123 Å². The van der Waals surface area contributed by atoms with E-state index in [1.165, 1.54) is 0 Å². The molecule has 0 aliphatic carbocycles. The summed E-state index contributed by atoms with van der Waals surface area (Å²) < 4.78 is 0. The summed E-state index contributed by atoms with van der Waals surface area (Å²) in [5.41, 5.74) is -1.24.